The Morgan fingerprint density at radius 2 is 2.00 bits per heavy atom. The molecule has 1 atom stereocenters. The number of sulfonamides is 1. The normalized spacial score (nSPS) is 17.8. The molecule has 0 aliphatic carbocycles. The summed E-state index contributed by atoms with van der Waals surface area (Å²) in [6.07, 6.45) is 1.29. The Morgan fingerprint density at radius 3 is 2.65 bits per heavy atom. The maximum atomic E-state index is 13.6. The third-order valence-electron chi connectivity index (χ3n) is 5.43. The molecule has 6 nitrogen and oxygen atoms in total. The monoisotopic (exact) mass is 467 g/mol. The van der Waals surface area contributed by atoms with Gasteiger partial charge in [0.25, 0.3) is 10.0 Å². The van der Waals surface area contributed by atoms with Gasteiger partial charge in [0, 0.05) is 37.6 Å². The summed E-state index contributed by atoms with van der Waals surface area (Å²) in [6, 6.07) is 9.69. The summed E-state index contributed by atoms with van der Waals surface area (Å²) in [4.78, 5) is 18.1. The van der Waals surface area contributed by atoms with Gasteiger partial charge in [-0.1, -0.05) is 12.1 Å². The summed E-state index contributed by atoms with van der Waals surface area (Å²) in [5, 5.41) is 0. The number of benzene rings is 1. The van der Waals surface area contributed by atoms with Gasteiger partial charge < -0.3 is 9.80 Å². The number of amides is 1. The molecular formula is C22H30FN3O3S2. The van der Waals surface area contributed by atoms with Crippen molar-refractivity contribution in [2.24, 2.45) is 5.92 Å². The third kappa shape index (κ3) is 6.12. The number of thiophene rings is 1. The van der Waals surface area contributed by atoms with Gasteiger partial charge in [-0.3, -0.25) is 4.79 Å². The zero-order chi connectivity index (χ0) is 22.6. The molecule has 1 aliphatic rings. The molecule has 2 aromatic rings. The molecule has 1 fully saturated rings. The predicted molar refractivity (Wildman–Crippen MR) is 121 cm³/mol. The van der Waals surface area contributed by atoms with Crippen LogP contribution in [-0.2, 0) is 21.4 Å². The molecule has 170 valence electrons. The first-order valence-electron chi connectivity index (χ1n) is 10.4. The Kier molecular flexibility index (Phi) is 7.85. The molecule has 0 bridgehead atoms. The van der Waals surface area contributed by atoms with Crippen molar-refractivity contribution in [1.82, 2.24) is 14.1 Å². The van der Waals surface area contributed by atoms with Crippen molar-refractivity contribution in [1.29, 1.82) is 0 Å². The van der Waals surface area contributed by atoms with Gasteiger partial charge in [-0.2, -0.15) is 4.31 Å². The van der Waals surface area contributed by atoms with Crippen molar-refractivity contribution in [2.75, 3.05) is 40.3 Å². The van der Waals surface area contributed by atoms with Crippen LogP contribution in [0.2, 0.25) is 0 Å². The van der Waals surface area contributed by atoms with Crippen LogP contribution in [0.1, 0.15) is 23.3 Å². The Morgan fingerprint density at radius 1 is 1.23 bits per heavy atom. The fourth-order valence-corrected chi connectivity index (χ4v) is 6.70. The number of likely N-dealkylation sites (N-methyl/N-ethyl adjacent to an activating group) is 1. The van der Waals surface area contributed by atoms with Crippen molar-refractivity contribution in [3.05, 3.63) is 52.7 Å². The van der Waals surface area contributed by atoms with Gasteiger partial charge in [0.15, 0.2) is 0 Å². The van der Waals surface area contributed by atoms with Gasteiger partial charge in [-0.05, 0) is 63.7 Å². The Bertz CT molecular complexity index is 1010. The fourth-order valence-electron chi connectivity index (χ4n) is 3.74. The van der Waals surface area contributed by atoms with Crippen molar-refractivity contribution in [3.8, 4) is 0 Å². The highest BCUT2D eigenvalue weighted by Crippen LogP contribution is 2.29. The average Bonchev–Trinajstić information content (AvgIpc) is 3.18. The lowest BCUT2D eigenvalue weighted by Crippen LogP contribution is -2.47. The van der Waals surface area contributed by atoms with Crippen molar-refractivity contribution >= 4 is 27.3 Å². The maximum absolute atomic E-state index is 13.6. The first-order chi connectivity index (χ1) is 14.7. The molecular weight excluding hydrogens is 437 g/mol. The van der Waals surface area contributed by atoms with Gasteiger partial charge in [0.1, 0.15) is 10.0 Å². The van der Waals surface area contributed by atoms with Crippen LogP contribution in [0.25, 0.3) is 0 Å². The minimum absolute atomic E-state index is 0.0756. The van der Waals surface area contributed by atoms with Crippen LogP contribution in [0.15, 0.2) is 40.6 Å². The van der Waals surface area contributed by atoms with E-state index in [-0.39, 0.29) is 18.3 Å². The maximum Gasteiger partial charge on any atom is 0.252 e. The van der Waals surface area contributed by atoms with Gasteiger partial charge >= 0.3 is 0 Å². The summed E-state index contributed by atoms with van der Waals surface area (Å²) in [6.45, 7) is 3.95. The zero-order valence-corrected chi connectivity index (χ0v) is 19.9. The number of piperidine rings is 1. The molecule has 0 saturated carbocycles. The van der Waals surface area contributed by atoms with Crippen LogP contribution >= 0.6 is 11.3 Å². The van der Waals surface area contributed by atoms with E-state index < -0.39 is 15.9 Å². The highest BCUT2D eigenvalue weighted by Gasteiger charge is 2.35. The molecule has 1 unspecified atom stereocenters. The van der Waals surface area contributed by atoms with E-state index in [1.807, 2.05) is 25.9 Å². The Balaban J connectivity index is 1.76. The molecule has 9 heteroatoms. The molecule has 0 N–H and O–H groups in total. The largest absolute Gasteiger partial charge is 0.337 e. The molecule has 1 amide bonds. The summed E-state index contributed by atoms with van der Waals surface area (Å²) in [5.41, 5.74) is 0.724. The van der Waals surface area contributed by atoms with E-state index in [0.717, 1.165) is 10.4 Å². The van der Waals surface area contributed by atoms with E-state index in [1.54, 1.807) is 29.2 Å². The summed E-state index contributed by atoms with van der Waals surface area (Å²) in [5.74, 6) is -0.813. The second kappa shape index (κ2) is 10.2. The van der Waals surface area contributed by atoms with Crippen molar-refractivity contribution in [2.45, 2.75) is 30.5 Å². The van der Waals surface area contributed by atoms with Crippen LogP contribution in [0.5, 0.6) is 0 Å². The van der Waals surface area contributed by atoms with Gasteiger partial charge in [-0.25, -0.2) is 12.8 Å². The van der Waals surface area contributed by atoms with Gasteiger partial charge in [0.2, 0.25) is 5.91 Å². The molecule has 2 heterocycles. The minimum atomic E-state index is -3.60. The van der Waals surface area contributed by atoms with Crippen molar-refractivity contribution in [3.63, 3.8) is 0 Å². The topological polar surface area (TPSA) is 60.9 Å². The standard InChI is InChI=1S/C22H30FN3O3S2/c1-17-9-10-21(30-17)31(28,29)26-11-5-7-19(16-26)22(27)25(13-12-24(2)3)15-18-6-4-8-20(23)14-18/h4,6,8-10,14,19H,5,7,11-13,15-16H2,1-3H3. The van der Waals surface area contributed by atoms with Gasteiger partial charge in [0.05, 0.1) is 5.92 Å². The van der Waals surface area contributed by atoms with Crippen LogP contribution in [-0.4, -0.2) is 68.7 Å². The third-order valence-corrected chi connectivity index (χ3v) is 8.77. The lowest BCUT2D eigenvalue weighted by atomic mass is 9.97. The predicted octanol–water partition coefficient (Wildman–Crippen LogP) is 3.19. The smallest absolute Gasteiger partial charge is 0.252 e. The summed E-state index contributed by atoms with van der Waals surface area (Å²) in [7, 11) is 0.266. The molecule has 3 rings (SSSR count). The van der Waals surface area contributed by atoms with E-state index in [1.165, 1.54) is 27.8 Å². The number of hydrogen-bond donors (Lipinski definition) is 0. The second-order valence-corrected chi connectivity index (χ2v) is 11.7. The summed E-state index contributed by atoms with van der Waals surface area (Å²) >= 11 is 1.25. The molecule has 1 saturated heterocycles. The molecule has 1 aliphatic heterocycles. The van der Waals surface area contributed by atoms with Crippen LogP contribution in [0.3, 0.4) is 0 Å². The highest BCUT2D eigenvalue weighted by atomic mass is 32.2. The van der Waals surface area contributed by atoms with Crippen LogP contribution in [0.4, 0.5) is 4.39 Å². The van der Waals surface area contributed by atoms with E-state index in [9.17, 15) is 17.6 Å². The van der Waals surface area contributed by atoms with E-state index in [0.29, 0.717) is 43.2 Å². The number of carbonyl (C=O) groups is 1. The minimum Gasteiger partial charge on any atom is -0.337 e. The number of nitrogens with zero attached hydrogens (tertiary/aromatic N) is 3. The van der Waals surface area contributed by atoms with Gasteiger partial charge in [-0.15, -0.1) is 11.3 Å². The Labute approximate surface area is 188 Å². The first kappa shape index (κ1) is 23.8. The number of hydrogen-bond acceptors (Lipinski definition) is 5. The zero-order valence-electron chi connectivity index (χ0n) is 18.3. The number of aryl methyl sites for hydroxylation is 1. The number of halogens is 1. The molecule has 1 aromatic carbocycles. The van der Waals surface area contributed by atoms with Crippen molar-refractivity contribution < 1.29 is 17.6 Å². The van der Waals surface area contributed by atoms with Crippen LogP contribution in [0, 0.1) is 18.7 Å². The quantitative estimate of drug-likeness (QED) is 0.598. The number of carbonyl (C=O) groups excluding carboxylic acids is 1. The molecule has 0 radical (unpaired) electrons. The molecule has 31 heavy (non-hydrogen) atoms. The highest BCUT2D eigenvalue weighted by molar-refractivity contribution is 7.91. The Hall–Kier alpha value is -1.81. The van der Waals surface area contributed by atoms with E-state index in [4.69, 9.17) is 0 Å². The SMILES string of the molecule is Cc1ccc(S(=O)(=O)N2CCCC(C(=O)N(CCN(C)C)Cc3cccc(F)c3)C2)s1. The molecule has 1 aromatic heterocycles. The lowest BCUT2D eigenvalue weighted by Gasteiger charge is -2.34. The lowest BCUT2D eigenvalue weighted by molar-refractivity contribution is -0.137. The van der Waals surface area contributed by atoms with Crippen LogP contribution < -0.4 is 0 Å². The summed E-state index contributed by atoms with van der Waals surface area (Å²) < 4.78 is 41.5. The van der Waals surface area contributed by atoms with E-state index >= 15 is 0 Å². The average molecular weight is 468 g/mol. The first-order valence-corrected chi connectivity index (χ1v) is 12.7. The second-order valence-electron chi connectivity index (χ2n) is 8.26. The number of rotatable bonds is 8. The van der Waals surface area contributed by atoms with E-state index in [2.05, 4.69) is 0 Å². The fraction of sp³-hybridized carbons (Fsp3) is 0.500. The molecule has 0 spiro atoms.